The Morgan fingerprint density at radius 1 is 0.725 bits per heavy atom. The summed E-state index contributed by atoms with van der Waals surface area (Å²) in [4.78, 5) is 57.5. The number of amides is 2. The average Bonchev–Trinajstić information content (AvgIpc) is 3.55. The lowest BCUT2D eigenvalue weighted by Crippen LogP contribution is -2.41. The molecule has 0 unspecified atom stereocenters. The highest BCUT2D eigenvalue weighted by Crippen LogP contribution is 2.43. The maximum Gasteiger partial charge on any atom is 0.325 e. The Balaban J connectivity index is 1.78. The smallest absolute Gasteiger partial charge is 0.325 e. The highest BCUT2D eigenvalue weighted by atomic mass is 32.1. The zero-order valence-corrected chi connectivity index (χ0v) is 23.5. The van der Waals surface area contributed by atoms with E-state index < -0.39 is 32.7 Å². The molecule has 40 heavy (non-hydrogen) atoms. The molecule has 0 aliphatic carbocycles. The van der Waals surface area contributed by atoms with Crippen LogP contribution in [0.2, 0.25) is 0 Å². The lowest BCUT2D eigenvalue weighted by molar-refractivity contribution is -0.380. The first-order valence-corrected chi connectivity index (χ1v) is 13.5. The molecule has 0 atom stereocenters. The minimum Gasteiger partial charge on any atom is -0.341 e. The summed E-state index contributed by atoms with van der Waals surface area (Å²) in [6, 6.07) is 12.7. The Bertz CT molecular complexity index is 1480. The van der Waals surface area contributed by atoms with Crippen molar-refractivity contribution in [3.63, 3.8) is 0 Å². The molecular weight excluding hydrogens is 556 g/mol. The van der Waals surface area contributed by atoms with Gasteiger partial charge in [-0.15, -0.1) is 0 Å². The molecule has 206 valence electrons. The van der Waals surface area contributed by atoms with Gasteiger partial charge in [0.25, 0.3) is 11.8 Å². The van der Waals surface area contributed by atoms with Crippen molar-refractivity contribution in [3.8, 4) is 11.1 Å². The summed E-state index contributed by atoms with van der Waals surface area (Å²) in [6.45, 7) is 6.90. The average molecular weight is 581 g/mol. The maximum atomic E-state index is 13.5. The second-order valence-electron chi connectivity index (χ2n) is 9.76. The van der Waals surface area contributed by atoms with Gasteiger partial charge in [-0.1, -0.05) is 34.8 Å². The minimum absolute atomic E-state index is 0.0381. The minimum atomic E-state index is -0.956. The van der Waals surface area contributed by atoms with E-state index >= 15 is 0 Å². The van der Waals surface area contributed by atoms with Gasteiger partial charge >= 0.3 is 10.0 Å². The second-order valence-corrected chi connectivity index (χ2v) is 11.8. The van der Waals surface area contributed by atoms with E-state index in [1.54, 1.807) is 76.5 Å². The van der Waals surface area contributed by atoms with Gasteiger partial charge in [-0.05, 0) is 52.0 Å². The third-order valence-corrected chi connectivity index (χ3v) is 8.13. The lowest BCUT2D eigenvalue weighted by Gasteiger charge is -2.26. The monoisotopic (exact) mass is 580 g/mol. The molecule has 0 radical (unpaired) electrons. The van der Waals surface area contributed by atoms with E-state index in [1.165, 1.54) is 0 Å². The van der Waals surface area contributed by atoms with Crippen LogP contribution in [0.15, 0.2) is 60.9 Å². The van der Waals surface area contributed by atoms with Crippen LogP contribution in [-0.2, 0) is 11.1 Å². The van der Waals surface area contributed by atoms with E-state index in [-0.39, 0.29) is 30.9 Å². The van der Waals surface area contributed by atoms with Crippen LogP contribution < -0.4 is 10.6 Å². The number of aromatic nitrogens is 2. The summed E-state index contributed by atoms with van der Waals surface area (Å²) in [5, 5.41) is 28.3. The first kappa shape index (κ1) is 28.4. The Kier molecular flexibility index (Phi) is 7.75. The van der Waals surface area contributed by atoms with Gasteiger partial charge in [0.1, 0.15) is 9.75 Å². The van der Waals surface area contributed by atoms with E-state index in [1.807, 2.05) is 0 Å². The lowest BCUT2D eigenvalue weighted by atomic mass is 9.98. The largest absolute Gasteiger partial charge is 0.341 e. The number of thiophene rings is 2. The van der Waals surface area contributed by atoms with Gasteiger partial charge in [-0.25, -0.2) is 0 Å². The first-order chi connectivity index (χ1) is 18.8. The van der Waals surface area contributed by atoms with Crippen LogP contribution in [0.4, 0.5) is 10.0 Å². The molecule has 0 saturated heterocycles. The molecule has 0 aromatic carbocycles. The molecule has 4 rings (SSSR count). The SMILES string of the molecule is CC(C)(NC(=O)c1sc([N+](=O)[O-])cc1-c1cc([N+](=O)[O-])sc1C(=O)NC(C)(C)c1ccccn1)c1ccccn1. The molecule has 0 aliphatic heterocycles. The van der Waals surface area contributed by atoms with E-state index in [2.05, 4.69) is 20.6 Å². The molecular formula is C26H24N6O6S2. The van der Waals surface area contributed by atoms with Crippen molar-refractivity contribution in [3.05, 3.63) is 102 Å². The first-order valence-electron chi connectivity index (χ1n) is 11.8. The third-order valence-electron chi connectivity index (χ3n) is 5.96. The van der Waals surface area contributed by atoms with Crippen LogP contribution in [0.5, 0.6) is 0 Å². The van der Waals surface area contributed by atoms with Crippen LogP contribution in [0.3, 0.4) is 0 Å². The summed E-state index contributed by atoms with van der Waals surface area (Å²) in [5.41, 5.74) is -0.727. The van der Waals surface area contributed by atoms with Crippen molar-refractivity contribution in [2.24, 2.45) is 0 Å². The molecule has 2 amide bonds. The van der Waals surface area contributed by atoms with E-state index in [0.29, 0.717) is 34.1 Å². The Morgan fingerprint density at radius 3 is 1.40 bits per heavy atom. The van der Waals surface area contributed by atoms with Crippen LogP contribution in [-0.4, -0.2) is 31.6 Å². The van der Waals surface area contributed by atoms with Crippen LogP contribution in [0.25, 0.3) is 11.1 Å². The van der Waals surface area contributed by atoms with Gasteiger partial charge in [0.2, 0.25) is 0 Å². The van der Waals surface area contributed by atoms with Crippen molar-refractivity contribution in [1.29, 1.82) is 0 Å². The quantitative estimate of drug-likeness (QED) is 0.195. The molecule has 4 heterocycles. The summed E-state index contributed by atoms with van der Waals surface area (Å²) < 4.78 is 0. The fourth-order valence-electron chi connectivity index (χ4n) is 3.95. The number of carbonyl (C=O) groups excluding carboxylic acids is 2. The summed E-state index contributed by atoms with van der Waals surface area (Å²) in [6.07, 6.45) is 3.15. The fraction of sp³-hybridized carbons (Fsp3) is 0.231. The molecule has 4 aromatic rings. The van der Waals surface area contributed by atoms with Gasteiger partial charge in [0.15, 0.2) is 0 Å². The molecule has 0 aliphatic rings. The Hall–Kier alpha value is -4.56. The van der Waals surface area contributed by atoms with Gasteiger partial charge < -0.3 is 10.6 Å². The molecule has 14 heteroatoms. The molecule has 4 aromatic heterocycles. The zero-order chi connectivity index (χ0) is 29.2. The number of nitro groups is 2. The van der Waals surface area contributed by atoms with E-state index in [9.17, 15) is 29.8 Å². The van der Waals surface area contributed by atoms with Crippen LogP contribution in [0.1, 0.15) is 58.4 Å². The topological polar surface area (TPSA) is 170 Å². The van der Waals surface area contributed by atoms with E-state index in [4.69, 9.17) is 0 Å². The predicted molar refractivity (Wildman–Crippen MR) is 150 cm³/mol. The van der Waals surface area contributed by atoms with Crippen molar-refractivity contribution in [2.45, 2.75) is 38.8 Å². The highest BCUT2D eigenvalue weighted by Gasteiger charge is 2.34. The normalized spacial score (nSPS) is 11.6. The van der Waals surface area contributed by atoms with Crippen molar-refractivity contribution >= 4 is 44.5 Å². The number of nitrogens with one attached hydrogen (secondary N) is 2. The molecule has 0 spiro atoms. The van der Waals surface area contributed by atoms with Gasteiger partial charge in [0.05, 0.1) is 32.3 Å². The number of hydrogen-bond donors (Lipinski definition) is 2. The molecule has 2 N–H and O–H groups in total. The zero-order valence-electron chi connectivity index (χ0n) is 21.8. The maximum absolute atomic E-state index is 13.5. The fourth-order valence-corrected chi connectivity index (χ4v) is 5.71. The van der Waals surface area contributed by atoms with Crippen LogP contribution >= 0.6 is 22.7 Å². The van der Waals surface area contributed by atoms with Gasteiger partial charge in [-0.3, -0.25) is 39.8 Å². The Morgan fingerprint density at radius 2 is 1.10 bits per heavy atom. The van der Waals surface area contributed by atoms with Crippen LogP contribution in [0, 0.1) is 20.2 Å². The summed E-state index contributed by atoms with van der Waals surface area (Å²) in [7, 11) is 0. The molecule has 0 bridgehead atoms. The number of rotatable bonds is 9. The summed E-state index contributed by atoms with van der Waals surface area (Å²) >= 11 is 1.23. The summed E-state index contributed by atoms with van der Waals surface area (Å²) in [5.74, 6) is -1.31. The molecule has 0 fully saturated rings. The van der Waals surface area contributed by atoms with Gasteiger partial charge in [-0.2, -0.15) is 0 Å². The molecule has 0 saturated carbocycles. The Labute approximate surface area is 236 Å². The standard InChI is InChI=1S/C26H24N6O6S2/c1-25(2,17-9-5-7-11-27-17)29-23(33)21-15(13-19(39-21)31(35)36)16-14-20(32(37)38)40-22(16)24(34)30-26(3,4)18-10-6-8-12-28-18/h5-14H,1-4H3,(H,29,33)(H,30,34). The molecule has 12 nitrogen and oxygen atoms in total. The predicted octanol–water partition coefficient (Wildman–Crippen LogP) is 5.41. The van der Waals surface area contributed by atoms with Gasteiger partial charge in [0, 0.05) is 35.7 Å². The number of carbonyl (C=O) groups is 2. The third kappa shape index (κ3) is 5.87. The van der Waals surface area contributed by atoms with Crippen molar-refractivity contribution < 1.29 is 19.4 Å². The number of pyridine rings is 2. The van der Waals surface area contributed by atoms with E-state index in [0.717, 1.165) is 12.1 Å². The second kappa shape index (κ2) is 10.9. The van der Waals surface area contributed by atoms with Crippen molar-refractivity contribution in [2.75, 3.05) is 0 Å². The van der Waals surface area contributed by atoms with Crippen molar-refractivity contribution in [1.82, 2.24) is 20.6 Å². The number of hydrogen-bond acceptors (Lipinski definition) is 10. The number of nitrogens with zero attached hydrogens (tertiary/aromatic N) is 4. The highest BCUT2D eigenvalue weighted by molar-refractivity contribution is 7.18.